The number of hydrogen-bond acceptors (Lipinski definition) is 3. The molecule has 0 saturated carbocycles. The lowest BCUT2D eigenvalue weighted by Gasteiger charge is -2.05. The van der Waals surface area contributed by atoms with Crippen molar-refractivity contribution in [1.82, 2.24) is 4.57 Å². The molecule has 0 saturated heterocycles. The normalized spacial score (nSPS) is 11.9. The van der Waals surface area contributed by atoms with Gasteiger partial charge in [0.15, 0.2) is 0 Å². The summed E-state index contributed by atoms with van der Waals surface area (Å²) in [4.78, 5) is 0. The van der Waals surface area contributed by atoms with Gasteiger partial charge < -0.3 is 16.2 Å². The highest BCUT2D eigenvalue weighted by Crippen LogP contribution is 2.26. The van der Waals surface area contributed by atoms with Crippen LogP contribution in [0.15, 0.2) is 30.5 Å². The number of hydrogen-bond donors (Lipinski definition) is 3. The molecule has 4 heteroatoms. The fraction of sp³-hybridized carbons (Fsp3) is 0.0833. The zero-order valence-electron chi connectivity index (χ0n) is 8.94. The predicted octanol–water partition coefficient (Wildman–Crippen LogP) is 2.22. The summed E-state index contributed by atoms with van der Waals surface area (Å²) in [5, 5.41) is 18.2. The molecule has 0 bridgehead atoms. The molecule has 0 atom stereocenters. The average molecular weight is 215 g/mol. The third kappa shape index (κ3) is 1.27. The zero-order valence-corrected chi connectivity index (χ0v) is 8.94. The van der Waals surface area contributed by atoms with Crippen LogP contribution in [-0.2, 0) is 0 Å². The number of rotatable bonds is 2. The van der Waals surface area contributed by atoms with Gasteiger partial charge in [0.05, 0.1) is 17.4 Å². The quantitative estimate of drug-likeness (QED) is 0.530. The maximum absolute atomic E-state index is 9.75. The molecule has 16 heavy (non-hydrogen) atoms. The maximum Gasteiger partial charge on any atom is 0.212 e. The van der Waals surface area contributed by atoms with Gasteiger partial charge in [-0.05, 0) is 18.6 Å². The fourth-order valence-electron chi connectivity index (χ4n) is 1.92. The Balaban J connectivity index is 2.94. The molecule has 0 spiro atoms. The molecule has 0 aliphatic rings. The van der Waals surface area contributed by atoms with Gasteiger partial charge in [-0.3, -0.25) is 4.57 Å². The fourth-order valence-corrected chi connectivity index (χ4v) is 1.92. The number of aliphatic hydroxyl groups is 1. The Bertz CT molecular complexity index is 581. The second kappa shape index (κ2) is 3.73. The molecule has 4 nitrogen and oxygen atoms in total. The van der Waals surface area contributed by atoms with Crippen LogP contribution < -0.4 is 5.73 Å². The number of nitrogens with two attached hydrogens (primary N) is 1. The molecular formula is C12H13N3O. The van der Waals surface area contributed by atoms with Crippen molar-refractivity contribution >= 4 is 23.0 Å². The van der Waals surface area contributed by atoms with Crippen molar-refractivity contribution in [2.24, 2.45) is 5.73 Å². The highest BCUT2D eigenvalue weighted by molar-refractivity contribution is 5.95. The number of aryl methyl sites for hydroxylation is 1. The lowest BCUT2D eigenvalue weighted by molar-refractivity contribution is 0.473. The van der Waals surface area contributed by atoms with Crippen LogP contribution in [0.25, 0.3) is 16.8 Å². The van der Waals surface area contributed by atoms with Crippen LogP contribution >= 0.6 is 0 Å². The van der Waals surface area contributed by atoms with Crippen molar-refractivity contribution < 1.29 is 5.11 Å². The van der Waals surface area contributed by atoms with Crippen molar-refractivity contribution in [3.05, 3.63) is 41.7 Å². The molecule has 1 heterocycles. The smallest absolute Gasteiger partial charge is 0.212 e. The summed E-state index contributed by atoms with van der Waals surface area (Å²) >= 11 is 0. The van der Waals surface area contributed by atoms with E-state index in [0.29, 0.717) is 5.69 Å². The summed E-state index contributed by atoms with van der Waals surface area (Å²) < 4.78 is 1.57. The first-order valence-electron chi connectivity index (χ1n) is 4.92. The van der Waals surface area contributed by atoms with E-state index < -0.39 is 0 Å². The Morgan fingerprint density at radius 3 is 2.75 bits per heavy atom. The summed E-state index contributed by atoms with van der Waals surface area (Å²) in [6.07, 6.45) is 2.34. The molecule has 2 rings (SSSR count). The number of nitrogens with zero attached hydrogens (tertiary/aromatic N) is 1. The number of para-hydroxylation sites is 1. The van der Waals surface area contributed by atoms with E-state index >= 15 is 0 Å². The second-order valence-electron chi connectivity index (χ2n) is 3.53. The van der Waals surface area contributed by atoms with Gasteiger partial charge in [-0.15, -0.1) is 0 Å². The van der Waals surface area contributed by atoms with E-state index in [1.54, 1.807) is 4.57 Å². The van der Waals surface area contributed by atoms with E-state index in [4.69, 9.17) is 11.1 Å². The van der Waals surface area contributed by atoms with Crippen molar-refractivity contribution in [3.8, 4) is 0 Å². The van der Waals surface area contributed by atoms with E-state index in [-0.39, 0.29) is 5.88 Å². The standard InChI is InChI=1S/C12H13N3O/c1-8-9-4-2-3-5-10(9)15(11(8)6-13)12(16)7-14/h2-7,13,16H,14H2,1H3/b12-7-,13-6?. The Kier molecular flexibility index (Phi) is 2.40. The molecule has 0 unspecified atom stereocenters. The minimum Gasteiger partial charge on any atom is -0.493 e. The summed E-state index contributed by atoms with van der Waals surface area (Å²) in [5.74, 6) is -0.0669. The van der Waals surface area contributed by atoms with Crippen LogP contribution in [0.3, 0.4) is 0 Å². The molecule has 0 fully saturated rings. The molecule has 0 radical (unpaired) electrons. The third-order valence-corrected chi connectivity index (χ3v) is 2.69. The van der Waals surface area contributed by atoms with Crippen LogP contribution in [0.5, 0.6) is 0 Å². The third-order valence-electron chi connectivity index (χ3n) is 2.69. The number of nitrogens with one attached hydrogen (secondary N) is 1. The first-order chi connectivity index (χ1) is 7.70. The number of aliphatic hydroxyl groups excluding tert-OH is 1. The van der Waals surface area contributed by atoms with Gasteiger partial charge in [-0.25, -0.2) is 0 Å². The van der Waals surface area contributed by atoms with Gasteiger partial charge in [-0.2, -0.15) is 0 Å². The lowest BCUT2D eigenvalue weighted by atomic mass is 10.1. The predicted molar refractivity (Wildman–Crippen MR) is 65.6 cm³/mol. The second-order valence-corrected chi connectivity index (χ2v) is 3.53. The molecule has 0 aliphatic carbocycles. The zero-order chi connectivity index (χ0) is 11.7. The van der Waals surface area contributed by atoms with E-state index in [1.165, 1.54) is 6.21 Å². The van der Waals surface area contributed by atoms with Gasteiger partial charge in [0.25, 0.3) is 0 Å². The monoisotopic (exact) mass is 215 g/mol. The van der Waals surface area contributed by atoms with E-state index in [0.717, 1.165) is 22.7 Å². The SMILES string of the molecule is Cc1c(C=N)n(/C(O)=C/N)c2ccccc12. The van der Waals surface area contributed by atoms with Crippen LogP contribution in [0, 0.1) is 12.3 Å². The Hall–Kier alpha value is -2.23. The van der Waals surface area contributed by atoms with E-state index in [2.05, 4.69) is 0 Å². The molecule has 4 N–H and O–H groups in total. The summed E-state index contributed by atoms with van der Waals surface area (Å²) in [6, 6.07) is 7.65. The van der Waals surface area contributed by atoms with Crippen LogP contribution in [0.4, 0.5) is 0 Å². The van der Waals surface area contributed by atoms with Crippen molar-refractivity contribution in [3.63, 3.8) is 0 Å². The highest BCUT2D eigenvalue weighted by Gasteiger charge is 2.13. The minimum atomic E-state index is -0.0669. The van der Waals surface area contributed by atoms with E-state index in [9.17, 15) is 5.11 Å². The lowest BCUT2D eigenvalue weighted by Crippen LogP contribution is -2.03. The molecule has 1 aromatic heterocycles. The summed E-state index contributed by atoms with van der Waals surface area (Å²) in [6.45, 7) is 1.92. The average Bonchev–Trinajstić information content (AvgIpc) is 2.62. The largest absolute Gasteiger partial charge is 0.493 e. The maximum atomic E-state index is 9.75. The first kappa shape index (κ1) is 10.3. The highest BCUT2D eigenvalue weighted by atomic mass is 16.3. The van der Waals surface area contributed by atoms with Crippen LogP contribution in [-0.4, -0.2) is 15.9 Å². The van der Waals surface area contributed by atoms with Gasteiger partial charge in [0.2, 0.25) is 5.88 Å². The van der Waals surface area contributed by atoms with Crippen LogP contribution in [0.1, 0.15) is 11.3 Å². The van der Waals surface area contributed by atoms with Crippen molar-refractivity contribution in [2.45, 2.75) is 6.92 Å². The number of aromatic nitrogens is 1. The molecule has 0 amide bonds. The van der Waals surface area contributed by atoms with Gasteiger partial charge in [0, 0.05) is 11.6 Å². The summed E-state index contributed by atoms with van der Waals surface area (Å²) in [7, 11) is 0. The Morgan fingerprint density at radius 1 is 1.44 bits per heavy atom. The summed E-state index contributed by atoms with van der Waals surface area (Å²) in [5.41, 5.74) is 7.76. The molecule has 0 aliphatic heterocycles. The van der Waals surface area contributed by atoms with Gasteiger partial charge in [0.1, 0.15) is 0 Å². The Morgan fingerprint density at radius 2 is 2.12 bits per heavy atom. The van der Waals surface area contributed by atoms with Gasteiger partial charge >= 0.3 is 0 Å². The topological polar surface area (TPSA) is 75.0 Å². The Labute approximate surface area is 93.1 Å². The molecule has 2 aromatic rings. The molecular weight excluding hydrogens is 202 g/mol. The number of fused-ring (bicyclic) bond motifs is 1. The molecule has 1 aromatic carbocycles. The first-order valence-corrected chi connectivity index (χ1v) is 4.92. The van der Waals surface area contributed by atoms with Crippen molar-refractivity contribution in [1.29, 1.82) is 5.41 Å². The van der Waals surface area contributed by atoms with Crippen molar-refractivity contribution in [2.75, 3.05) is 0 Å². The van der Waals surface area contributed by atoms with Crippen LogP contribution in [0.2, 0.25) is 0 Å². The van der Waals surface area contributed by atoms with E-state index in [1.807, 2.05) is 31.2 Å². The molecule has 82 valence electrons. The number of benzene rings is 1. The minimum absolute atomic E-state index is 0.0669. The van der Waals surface area contributed by atoms with Gasteiger partial charge in [-0.1, -0.05) is 18.2 Å².